The second-order valence-electron chi connectivity index (χ2n) is 3.67. The van der Waals surface area contributed by atoms with Crippen LogP contribution in [-0.4, -0.2) is 19.5 Å². The number of benzene rings is 2. The molecule has 0 amide bonds. The van der Waals surface area contributed by atoms with Gasteiger partial charge in [0.05, 0.1) is 7.11 Å². The summed E-state index contributed by atoms with van der Waals surface area (Å²) in [6.45, 7) is -0.00627. The topological polar surface area (TPSA) is 35.5 Å². The largest absolute Gasteiger partial charge is 1.00 e. The van der Waals surface area contributed by atoms with E-state index < -0.39 is 0 Å². The molecule has 0 saturated carbocycles. The maximum Gasteiger partial charge on any atom is 1.00 e. The van der Waals surface area contributed by atoms with Crippen molar-refractivity contribution in [1.82, 2.24) is 0 Å². The van der Waals surface area contributed by atoms with Crippen molar-refractivity contribution in [3.05, 3.63) is 60.2 Å². The van der Waals surface area contributed by atoms with Crippen LogP contribution in [0.15, 0.2) is 48.5 Å². The van der Waals surface area contributed by atoms with Gasteiger partial charge in [0.15, 0.2) is 5.78 Å². The van der Waals surface area contributed by atoms with Gasteiger partial charge in [0.1, 0.15) is 6.61 Å². The van der Waals surface area contributed by atoms with Crippen molar-refractivity contribution in [2.24, 2.45) is 0 Å². The number of ether oxygens (including phenoxy) is 2. The van der Waals surface area contributed by atoms with Crippen LogP contribution in [0.5, 0.6) is 11.5 Å². The molecule has 3 nitrogen and oxygen atoms in total. The Labute approximate surface area is 124 Å². The second-order valence-corrected chi connectivity index (χ2v) is 3.67. The van der Waals surface area contributed by atoms with E-state index in [9.17, 15) is 4.79 Å². The Morgan fingerprint density at radius 1 is 1.21 bits per heavy atom. The number of ketones is 1. The Bertz CT molecular complexity index is 526. The SMILES string of the molecule is COc1cc[c-]c(OCC(=O)c2ccccc2)c1.[Li+]. The van der Waals surface area contributed by atoms with Crippen LogP contribution in [0.4, 0.5) is 0 Å². The van der Waals surface area contributed by atoms with E-state index in [-0.39, 0.29) is 31.3 Å². The van der Waals surface area contributed by atoms with E-state index in [1.807, 2.05) is 18.2 Å². The van der Waals surface area contributed by atoms with Crippen molar-refractivity contribution in [2.75, 3.05) is 13.7 Å². The van der Waals surface area contributed by atoms with Crippen LogP contribution in [-0.2, 0) is 0 Å². The van der Waals surface area contributed by atoms with Crippen molar-refractivity contribution in [3.8, 4) is 11.5 Å². The molecular weight excluding hydrogens is 235 g/mol. The van der Waals surface area contributed by atoms with E-state index in [0.29, 0.717) is 17.1 Å². The summed E-state index contributed by atoms with van der Waals surface area (Å²) in [5, 5.41) is 0. The normalized spacial score (nSPS) is 9.32. The Hall–Kier alpha value is -1.69. The monoisotopic (exact) mass is 248 g/mol. The maximum absolute atomic E-state index is 11.8. The first kappa shape index (κ1) is 15.4. The smallest absolute Gasteiger partial charge is 0.522 e. The third kappa shape index (κ3) is 4.48. The van der Waals surface area contributed by atoms with E-state index in [2.05, 4.69) is 6.07 Å². The molecule has 0 saturated heterocycles. The zero-order valence-corrected chi connectivity index (χ0v) is 11.1. The minimum Gasteiger partial charge on any atom is -0.522 e. The number of methoxy groups -OCH3 is 1. The summed E-state index contributed by atoms with van der Waals surface area (Å²) in [4.78, 5) is 11.8. The summed E-state index contributed by atoms with van der Waals surface area (Å²) < 4.78 is 10.4. The summed E-state index contributed by atoms with van der Waals surface area (Å²) in [5.41, 5.74) is 0.639. The molecule has 2 aromatic rings. The molecule has 4 heteroatoms. The zero-order valence-electron chi connectivity index (χ0n) is 11.1. The van der Waals surface area contributed by atoms with Crippen molar-refractivity contribution in [1.29, 1.82) is 0 Å². The standard InChI is InChI=1S/C15H13O3.Li/c1-17-13-8-5-9-14(10-13)18-11-15(16)12-6-3-2-4-7-12;/h2-8,10H,11H2,1H3;/q-1;+1. The average Bonchev–Trinajstić information content (AvgIpc) is 2.46. The molecule has 0 unspecified atom stereocenters. The number of rotatable bonds is 5. The van der Waals surface area contributed by atoms with Crippen LogP contribution in [0, 0.1) is 6.07 Å². The van der Waals surface area contributed by atoms with Crippen LogP contribution < -0.4 is 28.3 Å². The van der Waals surface area contributed by atoms with E-state index in [4.69, 9.17) is 9.47 Å². The molecule has 0 aromatic heterocycles. The summed E-state index contributed by atoms with van der Waals surface area (Å²) >= 11 is 0. The molecule has 92 valence electrons. The molecule has 2 rings (SSSR count). The third-order valence-corrected chi connectivity index (χ3v) is 2.44. The molecular formula is C15H13LiO3. The Kier molecular flexibility index (Phi) is 6.21. The predicted molar refractivity (Wildman–Crippen MR) is 68.1 cm³/mol. The number of Topliss-reactive ketones (excluding diaryl/α,β-unsaturated/α-hetero) is 1. The molecule has 0 fully saturated rings. The molecule has 0 bridgehead atoms. The van der Waals surface area contributed by atoms with Gasteiger partial charge in [0.2, 0.25) is 0 Å². The third-order valence-electron chi connectivity index (χ3n) is 2.44. The number of hydrogen-bond donors (Lipinski definition) is 0. The van der Waals surface area contributed by atoms with E-state index in [1.54, 1.807) is 37.4 Å². The van der Waals surface area contributed by atoms with Crippen LogP contribution in [0.1, 0.15) is 10.4 Å². The van der Waals surface area contributed by atoms with Crippen LogP contribution in [0.25, 0.3) is 0 Å². The molecule has 0 radical (unpaired) electrons. The van der Waals surface area contributed by atoms with Crippen molar-refractivity contribution < 1.29 is 33.1 Å². The maximum atomic E-state index is 11.8. The molecule has 2 aromatic carbocycles. The summed E-state index contributed by atoms with van der Waals surface area (Å²) in [5.74, 6) is 1.11. The molecule has 0 heterocycles. The van der Waals surface area contributed by atoms with Crippen LogP contribution in [0.3, 0.4) is 0 Å². The molecule has 0 aliphatic heterocycles. The van der Waals surface area contributed by atoms with Gasteiger partial charge in [-0.05, 0) is 0 Å². The minimum atomic E-state index is -0.0631. The zero-order chi connectivity index (χ0) is 12.8. The number of carbonyl (C=O) groups excluding carboxylic acids is 1. The van der Waals surface area contributed by atoms with Gasteiger partial charge in [-0.25, -0.2) is 0 Å². The van der Waals surface area contributed by atoms with Gasteiger partial charge in [0, 0.05) is 17.1 Å². The molecule has 0 aliphatic carbocycles. The Morgan fingerprint density at radius 3 is 2.63 bits per heavy atom. The van der Waals surface area contributed by atoms with Gasteiger partial charge in [-0.2, -0.15) is 6.07 Å². The fourth-order valence-electron chi connectivity index (χ4n) is 1.49. The Morgan fingerprint density at radius 2 is 1.95 bits per heavy atom. The van der Waals surface area contributed by atoms with Crippen molar-refractivity contribution in [2.45, 2.75) is 0 Å². The van der Waals surface area contributed by atoms with E-state index in [0.717, 1.165) is 0 Å². The number of hydrogen-bond acceptors (Lipinski definition) is 3. The second kappa shape index (κ2) is 7.68. The molecule has 0 atom stereocenters. The fraction of sp³-hybridized carbons (Fsp3) is 0.133. The van der Waals surface area contributed by atoms with Gasteiger partial charge in [-0.1, -0.05) is 36.4 Å². The van der Waals surface area contributed by atoms with E-state index in [1.165, 1.54) is 0 Å². The average molecular weight is 248 g/mol. The molecule has 19 heavy (non-hydrogen) atoms. The van der Waals surface area contributed by atoms with Gasteiger partial charge in [0.25, 0.3) is 0 Å². The predicted octanol–water partition coefficient (Wildman–Crippen LogP) is -0.239. The first-order valence-electron chi connectivity index (χ1n) is 5.56. The fourth-order valence-corrected chi connectivity index (χ4v) is 1.49. The quantitative estimate of drug-likeness (QED) is 0.416. The number of carbonyl (C=O) groups is 1. The van der Waals surface area contributed by atoms with Gasteiger partial charge in [-0.3, -0.25) is 4.79 Å². The van der Waals surface area contributed by atoms with Crippen molar-refractivity contribution in [3.63, 3.8) is 0 Å². The Balaban J connectivity index is 0.00000180. The first-order valence-corrected chi connectivity index (χ1v) is 5.56. The molecule has 0 N–H and O–H groups in total. The van der Waals surface area contributed by atoms with E-state index >= 15 is 0 Å². The van der Waals surface area contributed by atoms with Gasteiger partial charge in [-0.15, -0.1) is 12.1 Å². The summed E-state index contributed by atoms with van der Waals surface area (Å²) in [7, 11) is 1.58. The minimum absolute atomic E-state index is 0. The molecule has 0 aliphatic rings. The van der Waals surface area contributed by atoms with Gasteiger partial charge < -0.3 is 9.47 Å². The summed E-state index contributed by atoms with van der Waals surface area (Å²) in [6, 6.07) is 17.1. The van der Waals surface area contributed by atoms with Crippen LogP contribution in [0.2, 0.25) is 0 Å². The van der Waals surface area contributed by atoms with Gasteiger partial charge >= 0.3 is 18.9 Å². The summed E-state index contributed by atoms with van der Waals surface area (Å²) in [6.07, 6.45) is 0. The molecule has 0 spiro atoms. The van der Waals surface area contributed by atoms with Crippen molar-refractivity contribution >= 4 is 5.78 Å². The van der Waals surface area contributed by atoms with Crippen LogP contribution >= 0.6 is 0 Å². The first-order chi connectivity index (χ1) is 8.79.